The zero-order valence-electron chi connectivity index (χ0n) is 12.7. The lowest BCUT2D eigenvalue weighted by atomic mass is 10.2. The molecule has 22 heavy (non-hydrogen) atoms. The molecule has 1 aliphatic heterocycles. The van der Waals surface area contributed by atoms with E-state index in [9.17, 15) is 8.42 Å². The molecule has 1 fully saturated rings. The Bertz CT molecular complexity index is 584. The van der Waals surface area contributed by atoms with Crippen LogP contribution >= 0.6 is 11.6 Å². The first kappa shape index (κ1) is 17.5. The standard InChI is InChI=1S/C14H22ClN3O3S/c1-11(2)14(16-19)22(20,21)18-9-7-17(8-10-18)13-5-3-12(15)4-6-13/h3-6,11,14,16,19H,7-10H2,1-2H3/t14-/m0/s1. The Morgan fingerprint density at radius 1 is 1.14 bits per heavy atom. The van der Waals surface area contributed by atoms with Gasteiger partial charge in [0, 0.05) is 36.9 Å². The Morgan fingerprint density at radius 2 is 1.68 bits per heavy atom. The van der Waals surface area contributed by atoms with Gasteiger partial charge in [-0.25, -0.2) is 8.42 Å². The number of rotatable bonds is 5. The van der Waals surface area contributed by atoms with Crippen LogP contribution in [0.5, 0.6) is 0 Å². The van der Waals surface area contributed by atoms with Crippen molar-refractivity contribution in [2.75, 3.05) is 31.1 Å². The number of nitrogens with zero attached hydrogens (tertiary/aromatic N) is 2. The van der Waals surface area contributed by atoms with Gasteiger partial charge in [-0.05, 0) is 30.2 Å². The van der Waals surface area contributed by atoms with Gasteiger partial charge in [0.15, 0.2) is 0 Å². The van der Waals surface area contributed by atoms with Crippen molar-refractivity contribution in [2.24, 2.45) is 5.92 Å². The summed E-state index contributed by atoms with van der Waals surface area (Å²) >= 11 is 5.88. The smallest absolute Gasteiger partial charge is 0.232 e. The van der Waals surface area contributed by atoms with Gasteiger partial charge in [-0.3, -0.25) is 0 Å². The van der Waals surface area contributed by atoms with Crippen molar-refractivity contribution in [2.45, 2.75) is 19.2 Å². The van der Waals surface area contributed by atoms with Crippen LogP contribution in [-0.4, -0.2) is 49.5 Å². The molecule has 0 unspecified atom stereocenters. The average molecular weight is 348 g/mol. The van der Waals surface area contributed by atoms with E-state index in [1.165, 1.54) is 4.31 Å². The molecule has 0 bridgehead atoms. The van der Waals surface area contributed by atoms with Crippen molar-refractivity contribution in [3.8, 4) is 0 Å². The summed E-state index contributed by atoms with van der Waals surface area (Å²) in [6.07, 6.45) is 0. The molecule has 1 atom stereocenters. The molecule has 0 spiro atoms. The fourth-order valence-electron chi connectivity index (χ4n) is 2.57. The third-order valence-electron chi connectivity index (χ3n) is 3.84. The minimum atomic E-state index is -3.56. The fourth-order valence-corrected chi connectivity index (χ4v) is 4.51. The van der Waals surface area contributed by atoms with Crippen LogP contribution in [0, 0.1) is 5.92 Å². The highest BCUT2D eigenvalue weighted by Gasteiger charge is 2.35. The molecule has 0 amide bonds. The number of hydrogen-bond donors (Lipinski definition) is 2. The van der Waals surface area contributed by atoms with Crippen LogP contribution in [0.1, 0.15) is 13.8 Å². The van der Waals surface area contributed by atoms with Gasteiger partial charge in [0.25, 0.3) is 0 Å². The van der Waals surface area contributed by atoms with E-state index in [4.69, 9.17) is 16.8 Å². The molecule has 1 aromatic rings. The molecule has 1 aliphatic rings. The molecule has 8 heteroatoms. The van der Waals surface area contributed by atoms with Crippen molar-refractivity contribution >= 4 is 27.3 Å². The van der Waals surface area contributed by atoms with Gasteiger partial charge >= 0.3 is 0 Å². The van der Waals surface area contributed by atoms with E-state index in [0.29, 0.717) is 31.2 Å². The molecule has 2 rings (SSSR count). The first-order valence-corrected chi connectivity index (χ1v) is 9.13. The molecule has 0 radical (unpaired) electrons. The van der Waals surface area contributed by atoms with Gasteiger partial charge in [0.2, 0.25) is 10.0 Å². The average Bonchev–Trinajstić information content (AvgIpc) is 2.48. The number of sulfonamides is 1. The van der Waals surface area contributed by atoms with E-state index < -0.39 is 15.4 Å². The highest BCUT2D eigenvalue weighted by molar-refractivity contribution is 7.89. The molecule has 0 aliphatic carbocycles. The lowest BCUT2D eigenvalue weighted by molar-refractivity contribution is 0.133. The molecule has 1 heterocycles. The number of halogens is 1. The Morgan fingerprint density at radius 3 is 2.14 bits per heavy atom. The Kier molecular flexibility index (Phi) is 5.68. The fraction of sp³-hybridized carbons (Fsp3) is 0.571. The summed E-state index contributed by atoms with van der Waals surface area (Å²) < 4.78 is 26.5. The van der Waals surface area contributed by atoms with Crippen LogP contribution in [0.2, 0.25) is 5.02 Å². The van der Waals surface area contributed by atoms with E-state index in [1.807, 2.05) is 29.7 Å². The molecule has 0 aromatic heterocycles. The van der Waals surface area contributed by atoms with Crippen molar-refractivity contribution in [3.63, 3.8) is 0 Å². The Labute approximate surface area is 136 Å². The summed E-state index contributed by atoms with van der Waals surface area (Å²) in [5.41, 5.74) is 2.96. The van der Waals surface area contributed by atoms with E-state index in [0.717, 1.165) is 5.69 Å². The van der Waals surface area contributed by atoms with Crippen LogP contribution in [-0.2, 0) is 10.0 Å². The van der Waals surface area contributed by atoms with E-state index in [2.05, 4.69) is 4.90 Å². The zero-order chi connectivity index (χ0) is 16.3. The molecule has 1 saturated heterocycles. The molecular formula is C14H22ClN3O3S. The van der Waals surface area contributed by atoms with Gasteiger partial charge in [0.1, 0.15) is 5.37 Å². The van der Waals surface area contributed by atoms with Crippen LogP contribution < -0.4 is 10.4 Å². The summed E-state index contributed by atoms with van der Waals surface area (Å²) in [5.74, 6) is -0.218. The topological polar surface area (TPSA) is 72.9 Å². The number of benzene rings is 1. The number of nitrogens with one attached hydrogen (secondary N) is 1. The maximum absolute atomic E-state index is 12.5. The highest BCUT2D eigenvalue weighted by Crippen LogP contribution is 2.22. The van der Waals surface area contributed by atoms with Crippen molar-refractivity contribution in [1.82, 2.24) is 9.79 Å². The number of anilines is 1. The van der Waals surface area contributed by atoms with Crippen LogP contribution in [0.3, 0.4) is 0 Å². The van der Waals surface area contributed by atoms with Crippen molar-refractivity contribution < 1.29 is 13.6 Å². The Balaban J connectivity index is 2.04. The van der Waals surface area contributed by atoms with Crippen LogP contribution in [0.15, 0.2) is 24.3 Å². The molecular weight excluding hydrogens is 326 g/mol. The molecule has 6 nitrogen and oxygen atoms in total. The van der Waals surface area contributed by atoms with Crippen LogP contribution in [0.4, 0.5) is 5.69 Å². The van der Waals surface area contributed by atoms with E-state index in [1.54, 1.807) is 13.8 Å². The summed E-state index contributed by atoms with van der Waals surface area (Å²) in [4.78, 5) is 2.12. The monoisotopic (exact) mass is 347 g/mol. The highest BCUT2D eigenvalue weighted by atomic mass is 35.5. The van der Waals surface area contributed by atoms with Gasteiger partial charge in [-0.15, -0.1) is 0 Å². The molecule has 1 aromatic carbocycles. The molecule has 2 N–H and O–H groups in total. The second-order valence-electron chi connectivity index (χ2n) is 5.70. The zero-order valence-corrected chi connectivity index (χ0v) is 14.3. The third kappa shape index (κ3) is 3.72. The SMILES string of the molecule is CC(C)[C@@H](NO)S(=O)(=O)N1CCN(c2ccc(Cl)cc2)CC1. The van der Waals surface area contributed by atoms with Crippen molar-refractivity contribution in [3.05, 3.63) is 29.3 Å². The van der Waals surface area contributed by atoms with Gasteiger partial charge in [-0.2, -0.15) is 9.79 Å². The summed E-state index contributed by atoms with van der Waals surface area (Å²) in [7, 11) is -3.56. The number of hydroxylamine groups is 1. The van der Waals surface area contributed by atoms with Crippen molar-refractivity contribution in [1.29, 1.82) is 0 Å². The maximum Gasteiger partial charge on any atom is 0.232 e. The largest absolute Gasteiger partial charge is 0.369 e. The summed E-state index contributed by atoms with van der Waals surface area (Å²) in [6, 6.07) is 7.51. The van der Waals surface area contributed by atoms with Gasteiger partial charge in [0.05, 0.1) is 0 Å². The quantitative estimate of drug-likeness (QED) is 0.794. The van der Waals surface area contributed by atoms with E-state index in [-0.39, 0.29) is 5.92 Å². The van der Waals surface area contributed by atoms with Gasteiger partial charge in [-0.1, -0.05) is 25.4 Å². The van der Waals surface area contributed by atoms with Crippen LogP contribution in [0.25, 0.3) is 0 Å². The second kappa shape index (κ2) is 7.14. The summed E-state index contributed by atoms with van der Waals surface area (Å²) in [6.45, 7) is 5.53. The second-order valence-corrected chi connectivity index (χ2v) is 8.19. The minimum Gasteiger partial charge on any atom is -0.369 e. The molecule has 124 valence electrons. The van der Waals surface area contributed by atoms with Gasteiger partial charge < -0.3 is 10.1 Å². The predicted molar refractivity (Wildman–Crippen MR) is 87.7 cm³/mol. The first-order chi connectivity index (χ1) is 10.4. The van der Waals surface area contributed by atoms with E-state index >= 15 is 0 Å². The molecule has 0 saturated carbocycles. The summed E-state index contributed by atoms with van der Waals surface area (Å²) in [5, 5.41) is 8.84. The first-order valence-electron chi connectivity index (χ1n) is 7.25. The normalized spacial score (nSPS) is 18.7. The predicted octanol–water partition coefficient (Wildman–Crippen LogP) is 1.75. The third-order valence-corrected chi connectivity index (χ3v) is 6.47. The lowest BCUT2D eigenvalue weighted by Crippen LogP contribution is -2.54. The number of hydrogen-bond acceptors (Lipinski definition) is 5. The number of piperazine rings is 1. The Hall–Kier alpha value is -0.860. The lowest BCUT2D eigenvalue weighted by Gasteiger charge is -2.37. The maximum atomic E-state index is 12.5. The minimum absolute atomic E-state index is 0.218.